The van der Waals surface area contributed by atoms with Gasteiger partial charge in [0.2, 0.25) is 0 Å². The van der Waals surface area contributed by atoms with Gasteiger partial charge in [-0.2, -0.15) is 0 Å². The molecule has 0 amide bonds. The van der Waals surface area contributed by atoms with Gasteiger partial charge in [0, 0.05) is 12.1 Å². The van der Waals surface area contributed by atoms with Crippen molar-refractivity contribution in [3.8, 4) is 18.3 Å². The van der Waals surface area contributed by atoms with E-state index in [0.29, 0.717) is 5.75 Å². The predicted octanol–water partition coefficient (Wildman–Crippen LogP) is 1.56. The molecule has 0 aliphatic rings. The molecule has 0 bridgehead atoms. The van der Waals surface area contributed by atoms with E-state index >= 15 is 0 Å². The number of benzene rings is 1. The number of nitro groups is 1. The number of terminal acetylenes is 1. The van der Waals surface area contributed by atoms with Gasteiger partial charge in [0.05, 0.1) is 4.92 Å². The van der Waals surface area contributed by atoms with E-state index in [4.69, 9.17) is 6.42 Å². The van der Waals surface area contributed by atoms with E-state index in [1.165, 1.54) is 24.3 Å². The summed E-state index contributed by atoms with van der Waals surface area (Å²) in [4.78, 5) is 9.71. The summed E-state index contributed by atoms with van der Waals surface area (Å²) in [6, 6.07) is 5.54. The molecule has 0 saturated heterocycles. The topological polar surface area (TPSA) is 52.4 Å². The van der Waals surface area contributed by atoms with Gasteiger partial charge in [0.15, 0.2) is 0 Å². The van der Waals surface area contributed by atoms with Crippen molar-refractivity contribution in [2.45, 2.75) is 0 Å². The lowest BCUT2D eigenvalue weighted by Crippen LogP contribution is -1.87. The fourth-order valence-corrected chi connectivity index (χ4v) is 0.704. The molecule has 0 heterocycles. The number of nitrogens with zero attached hydrogens (tertiary/aromatic N) is 1. The molecule has 0 spiro atoms. The molecule has 0 saturated carbocycles. The summed E-state index contributed by atoms with van der Waals surface area (Å²) in [5, 5.41) is 10.2. The number of hydrogen-bond acceptors (Lipinski definition) is 3. The maximum Gasteiger partial charge on any atom is 0.269 e. The molecular formula is C8H5NO3. The van der Waals surface area contributed by atoms with Crippen LogP contribution in [0.3, 0.4) is 0 Å². The van der Waals surface area contributed by atoms with Gasteiger partial charge in [-0.3, -0.25) is 10.1 Å². The third-order valence-corrected chi connectivity index (χ3v) is 1.22. The molecule has 4 heteroatoms. The second kappa shape index (κ2) is 3.39. The largest absolute Gasteiger partial charge is 0.408 e. The van der Waals surface area contributed by atoms with Crippen molar-refractivity contribution >= 4 is 5.69 Å². The lowest BCUT2D eigenvalue weighted by atomic mass is 10.3. The monoisotopic (exact) mass is 163 g/mol. The molecule has 1 aromatic carbocycles. The van der Waals surface area contributed by atoms with Gasteiger partial charge in [-0.05, 0) is 12.1 Å². The number of non-ortho nitro benzene ring substituents is 1. The van der Waals surface area contributed by atoms with Crippen molar-refractivity contribution in [3.63, 3.8) is 0 Å². The van der Waals surface area contributed by atoms with E-state index in [0.717, 1.165) is 0 Å². The second-order valence-corrected chi connectivity index (χ2v) is 1.97. The standard InChI is InChI=1S/C8H5NO3/c1-2-12-8-5-3-7(4-6-8)9(10)11/h1,3-6H. The minimum atomic E-state index is -0.486. The Morgan fingerprint density at radius 2 is 2.00 bits per heavy atom. The first-order chi connectivity index (χ1) is 5.74. The van der Waals surface area contributed by atoms with E-state index < -0.39 is 4.92 Å². The van der Waals surface area contributed by atoms with E-state index in [1.807, 2.05) is 6.11 Å². The Kier molecular flexibility index (Phi) is 2.29. The van der Waals surface area contributed by atoms with E-state index in [2.05, 4.69) is 4.74 Å². The van der Waals surface area contributed by atoms with Crippen molar-refractivity contribution in [2.24, 2.45) is 0 Å². The van der Waals surface area contributed by atoms with Crippen molar-refractivity contribution < 1.29 is 9.66 Å². The van der Waals surface area contributed by atoms with Gasteiger partial charge in [-0.25, -0.2) is 0 Å². The lowest BCUT2D eigenvalue weighted by Gasteiger charge is -1.94. The third kappa shape index (κ3) is 1.73. The number of rotatable bonds is 2. The minimum Gasteiger partial charge on any atom is -0.408 e. The second-order valence-electron chi connectivity index (χ2n) is 1.97. The van der Waals surface area contributed by atoms with Crippen LogP contribution in [0.25, 0.3) is 0 Å². The van der Waals surface area contributed by atoms with Crippen LogP contribution in [0.4, 0.5) is 5.69 Å². The third-order valence-electron chi connectivity index (χ3n) is 1.22. The summed E-state index contributed by atoms with van der Waals surface area (Å²) in [6.07, 6.45) is 6.82. The Balaban J connectivity index is 2.87. The van der Waals surface area contributed by atoms with Crippen LogP contribution in [0, 0.1) is 22.6 Å². The van der Waals surface area contributed by atoms with Gasteiger partial charge in [0.1, 0.15) is 11.9 Å². The quantitative estimate of drug-likeness (QED) is 0.377. The Hall–Kier alpha value is -2.02. The van der Waals surface area contributed by atoms with Gasteiger partial charge in [-0.1, -0.05) is 6.42 Å². The molecule has 1 rings (SSSR count). The van der Waals surface area contributed by atoms with Crippen LogP contribution in [-0.4, -0.2) is 4.92 Å². The van der Waals surface area contributed by atoms with Crippen LogP contribution in [0.2, 0.25) is 0 Å². The van der Waals surface area contributed by atoms with Gasteiger partial charge in [0.25, 0.3) is 5.69 Å². The van der Waals surface area contributed by atoms with E-state index in [-0.39, 0.29) is 5.69 Å². The Morgan fingerprint density at radius 3 is 2.42 bits per heavy atom. The zero-order valence-corrected chi connectivity index (χ0v) is 6.06. The summed E-state index contributed by atoms with van der Waals surface area (Å²) < 4.78 is 4.65. The smallest absolute Gasteiger partial charge is 0.269 e. The highest BCUT2D eigenvalue weighted by Crippen LogP contribution is 2.16. The average molecular weight is 163 g/mol. The first kappa shape index (κ1) is 8.08. The number of nitro benzene ring substituents is 1. The Labute approximate surface area is 68.9 Å². The highest BCUT2D eigenvalue weighted by atomic mass is 16.6. The molecule has 1 aromatic rings. The number of hydrogen-bond donors (Lipinski definition) is 0. The van der Waals surface area contributed by atoms with E-state index in [1.54, 1.807) is 0 Å². The van der Waals surface area contributed by atoms with Gasteiger partial charge >= 0.3 is 0 Å². The molecule has 12 heavy (non-hydrogen) atoms. The van der Waals surface area contributed by atoms with Crippen molar-refractivity contribution in [2.75, 3.05) is 0 Å². The summed E-state index contributed by atoms with van der Waals surface area (Å²) in [5.74, 6) is 0.420. The maximum absolute atomic E-state index is 10.2. The van der Waals surface area contributed by atoms with Gasteiger partial charge in [-0.15, -0.1) is 0 Å². The summed E-state index contributed by atoms with van der Waals surface area (Å²) in [5.41, 5.74) is 0.0133. The van der Waals surface area contributed by atoms with Crippen LogP contribution < -0.4 is 4.74 Å². The van der Waals surface area contributed by atoms with Crippen LogP contribution in [0.5, 0.6) is 5.75 Å². The maximum atomic E-state index is 10.2. The highest BCUT2D eigenvalue weighted by Gasteiger charge is 2.03. The SMILES string of the molecule is C#COc1ccc([N+](=O)[O-])cc1. The van der Waals surface area contributed by atoms with Crippen molar-refractivity contribution in [3.05, 3.63) is 34.4 Å². The fourth-order valence-electron chi connectivity index (χ4n) is 0.704. The zero-order valence-electron chi connectivity index (χ0n) is 6.06. The normalized spacial score (nSPS) is 8.58. The van der Waals surface area contributed by atoms with Crippen molar-refractivity contribution in [1.29, 1.82) is 0 Å². The molecule has 0 unspecified atom stereocenters. The molecule has 4 nitrogen and oxygen atoms in total. The summed E-state index contributed by atoms with van der Waals surface area (Å²) in [7, 11) is 0. The molecular weight excluding hydrogens is 158 g/mol. The molecule has 0 N–H and O–H groups in total. The number of ether oxygens (including phenoxy) is 1. The van der Waals surface area contributed by atoms with Crippen LogP contribution in [-0.2, 0) is 0 Å². The van der Waals surface area contributed by atoms with Crippen molar-refractivity contribution in [1.82, 2.24) is 0 Å². The lowest BCUT2D eigenvalue weighted by molar-refractivity contribution is -0.384. The van der Waals surface area contributed by atoms with Crippen LogP contribution in [0.15, 0.2) is 24.3 Å². The summed E-state index contributed by atoms with van der Waals surface area (Å²) >= 11 is 0. The Morgan fingerprint density at radius 1 is 1.42 bits per heavy atom. The van der Waals surface area contributed by atoms with Gasteiger partial charge < -0.3 is 4.74 Å². The first-order valence-corrected chi connectivity index (χ1v) is 3.11. The van der Waals surface area contributed by atoms with Crippen LogP contribution >= 0.6 is 0 Å². The van der Waals surface area contributed by atoms with E-state index in [9.17, 15) is 10.1 Å². The molecule has 0 atom stereocenters. The van der Waals surface area contributed by atoms with Crippen LogP contribution in [0.1, 0.15) is 0 Å². The molecule has 0 aliphatic carbocycles. The summed E-state index contributed by atoms with van der Waals surface area (Å²) in [6.45, 7) is 0. The highest BCUT2D eigenvalue weighted by molar-refractivity contribution is 5.36. The molecule has 60 valence electrons. The first-order valence-electron chi connectivity index (χ1n) is 3.11. The fraction of sp³-hybridized carbons (Fsp3) is 0. The molecule has 0 aliphatic heterocycles. The molecule has 0 fully saturated rings. The predicted molar refractivity (Wildman–Crippen MR) is 42.6 cm³/mol. The average Bonchev–Trinajstić information content (AvgIpc) is 2.06. The minimum absolute atomic E-state index is 0.0133. The molecule has 0 aromatic heterocycles. The molecule has 0 radical (unpaired) electrons. The Bertz CT molecular complexity index is 323. The zero-order chi connectivity index (χ0) is 8.97.